The highest BCUT2D eigenvalue weighted by molar-refractivity contribution is 5.46. The van der Waals surface area contributed by atoms with Crippen LogP contribution in [0.5, 0.6) is 11.5 Å². The summed E-state index contributed by atoms with van der Waals surface area (Å²) in [5, 5.41) is 3.15. The quantitative estimate of drug-likeness (QED) is 0.849. The monoisotopic (exact) mass is 286 g/mol. The van der Waals surface area contributed by atoms with Gasteiger partial charge in [-0.05, 0) is 38.6 Å². The average Bonchev–Trinajstić information content (AvgIpc) is 2.47. The minimum absolute atomic E-state index is 0.482. The second-order valence-electron chi connectivity index (χ2n) is 4.87. The zero-order valence-corrected chi connectivity index (χ0v) is 12.8. The van der Waals surface area contributed by atoms with Crippen molar-refractivity contribution in [1.82, 2.24) is 10.3 Å². The molecule has 4 heteroatoms. The van der Waals surface area contributed by atoms with E-state index in [1.165, 1.54) is 0 Å². The van der Waals surface area contributed by atoms with Gasteiger partial charge >= 0.3 is 0 Å². The van der Waals surface area contributed by atoms with Crippen LogP contribution in [-0.2, 0) is 13.2 Å². The Morgan fingerprint density at radius 3 is 2.76 bits per heavy atom. The van der Waals surface area contributed by atoms with Crippen LogP contribution < -0.4 is 14.8 Å². The lowest BCUT2D eigenvalue weighted by atomic mass is 10.1. The molecule has 0 spiro atoms. The lowest BCUT2D eigenvalue weighted by molar-refractivity contribution is 0.266. The summed E-state index contributed by atoms with van der Waals surface area (Å²) in [5.74, 6) is 1.58. The molecule has 0 radical (unpaired) electrons. The van der Waals surface area contributed by atoms with Crippen LogP contribution in [0.2, 0.25) is 0 Å². The van der Waals surface area contributed by atoms with Crippen molar-refractivity contribution in [2.75, 3.05) is 13.7 Å². The van der Waals surface area contributed by atoms with Gasteiger partial charge in [-0.25, -0.2) is 0 Å². The molecular formula is C17H22N2O2. The second kappa shape index (κ2) is 7.64. The van der Waals surface area contributed by atoms with E-state index < -0.39 is 0 Å². The third-order valence-electron chi connectivity index (χ3n) is 3.04. The molecule has 4 nitrogen and oxygen atoms in total. The maximum absolute atomic E-state index is 6.01. The van der Waals surface area contributed by atoms with Gasteiger partial charge in [0.15, 0.2) is 11.5 Å². The predicted molar refractivity (Wildman–Crippen MR) is 83.7 cm³/mol. The molecule has 0 atom stereocenters. The summed E-state index contributed by atoms with van der Waals surface area (Å²) in [6, 6.07) is 8.04. The number of hydrogen-bond donors (Lipinski definition) is 1. The van der Waals surface area contributed by atoms with Crippen LogP contribution >= 0.6 is 0 Å². The van der Waals surface area contributed by atoms with Crippen LogP contribution in [0.15, 0.2) is 36.7 Å². The molecule has 0 saturated carbocycles. The molecular weight excluding hydrogens is 264 g/mol. The van der Waals surface area contributed by atoms with Crippen molar-refractivity contribution < 1.29 is 9.47 Å². The molecule has 0 aliphatic rings. The van der Waals surface area contributed by atoms with Crippen molar-refractivity contribution >= 4 is 0 Å². The number of ether oxygens (including phenoxy) is 2. The lowest BCUT2D eigenvalue weighted by Crippen LogP contribution is -2.09. The summed E-state index contributed by atoms with van der Waals surface area (Å²) < 4.78 is 11.7. The van der Waals surface area contributed by atoms with Crippen LogP contribution in [0.3, 0.4) is 0 Å². The standard InChI is InChI=1S/C17H22N2O2/c1-4-20-16-7-5-6-15(11-18-3)17(16)21-12-14-8-13(2)9-19-10-14/h5-10,18H,4,11-12H2,1-3H3. The summed E-state index contributed by atoms with van der Waals surface area (Å²) in [7, 11) is 1.92. The molecule has 0 bridgehead atoms. The third-order valence-corrected chi connectivity index (χ3v) is 3.04. The first-order valence-electron chi connectivity index (χ1n) is 7.17. The van der Waals surface area contributed by atoms with Gasteiger partial charge in [-0.2, -0.15) is 0 Å². The van der Waals surface area contributed by atoms with Gasteiger partial charge in [0, 0.05) is 30.1 Å². The SMILES string of the molecule is CCOc1cccc(CNC)c1OCc1cncc(C)c1. The summed E-state index contributed by atoms with van der Waals surface area (Å²) in [6.45, 7) is 5.83. The van der Waals surface area contributed by atoms with Crippen LogP contribution in [0.4, 0.5) is 0 Å². The fourth-order valence-electron chi connectivity index (χ4n) is 2.18. The normalized spacial score (nSPS) is 10.4. The number of para-hydroxylation sites is 1. The zero-order valence-electron chi connectivity index (χ0n) is 12.8. The van der Waals surface area contributed by atoms with Crippen molar-refractivity contribution in [2.24, 2.45) is 0 Å². The fourth-order valence-corrected chi connectivity index (χ4v) is 2.18. The lowest BCUT2D eigenvalue weighted by Gasteiger charge is -2.16. The number of nitrogens with zero attached hydrogens (tertiary/aromatic N) is 1. The molecule has 0 aliphatic heterocycles. The molecule has 0 aliphatic carbocycles. The molecule has 112 valence electrons. The highest BCUT2D eigenvalue weighted by atomic mass is 16.5. The molecule has 0 fully saturated rings. The summed E-state index contributed by atoms with van der Waals surface area (Å²) in [4.78, 5) is 4.19. The number of aryl methyl sites for hydroxylation is 1. The molecule has 1 aromatic heterocycles. The molecule has 0 amide bonds. The van der Waals surface area contributed by atoms with Gasteiger partial charge in [0.05, 0.1) is 6.61 Å². The van der Waals surface area contributed by atoms with Crippen molar-refractivity contribution in [3.63, 3.8) is 0 Å². The highest BCUT2D eigenvalue weighted by Gasteiger charge is 2.11. The average molecular weight is 286 g/mol. The number of hydrogen-bond acceptors (Lipinski definition) is 4. The number of benzene rings is 1. The van der Waals surface area contributed by atoms with E-state index in [2.05, 4.69) is 16.4 Å². The molecule has 2 aromatic rings. The zero-order chi connectivity index (χ0) is 15.1. The Kier molecular flexibility index (Phi) is 5.58. The topological polar surface area (TPSA) is 43.4 Å². The summed E-state index contributed by atoms with van der Waals surface area (Å²) in [6.07, 6.45) is 3.66. The van der Waals surface area contributed by atoms with Gasteiger partial charge in [-0.1, -0.05) is 12.1 Å². The molecule has 1 N–H and O–H groups in total. The van der Waals surface area contributed by atoms with E-state index in [0.717, 1.165) is 34.7 Å². The van der Waals surface area contributed by atoms with Gasteiger partial charge in [0.25, 0.3) is 0 Å². The van der Waals surface area contributed by atoms with E-state index in [9.17, 15) is 0 Å². The number of aromatic nitrogens is 1. The Morgan fingerprint density at radius 1 is 1.19 bits per heavy atom. The minimum atomic E-state index is 0.482. The Labute approximate surface area is 126 Å². The first kappa shape index (κ1) is 15.3. The largest absolute Gasteiger partial charge is 0.490 e. The van der Waals surface area contributed by atoms with Crippen molar-refractivity contribution in [3.05, 3.63) is 53.3 Å². The predicted octanol–water partition coefficient (Wildman–Crippen LogP) is 3.09. The maximum Gasteiger partial charge on any atom is 0.166 e. The van der Waals surface area contributed by atoms with Gasteiger partial charge < -0.3 is 14.8 Å². The van der Waals surface area contributed by atoms with Crippen molar-refractivity contribution in [3.8, 4) is 11.5 Å². The highest BCUT2D eigenvalue weighted by Crippen LogP contribution is 2.32. The molecule has 0 saturated heterocycles. The van der Waals surface area contributed by atoms with Crippen molar-refractivity contribution in [1.29, 1.82) is 0 Å². The molecule has 0 unspecified atom stereocenters. The van der Waals surface area contributed by atoms with Crippen LogP contribution in [0, 0.1) is 6.92 Å². The number of pyridine rings is 1. The van der Waals surface area contributed by atoms with Gasteiger partial charge in [0.1, 0.15) is 6.61 Å². The van der Waals surface area contributed by atoms with E-state index in [0.29, 0.717) is 13.2 Å². The number of rotatable bonds is 7. The van der Waals surface area contributed by atoms with E-state index in [1.54, 1.807) is 0 Å². The second-order valence-corrected chi connectivity index (χ2v) is 4.87. The van der Waals surface area contributed by atoms with Gasteiger partial charge in [-0.3, -0.25) is 4.98 Å². The summed E-state index contributed by atoms with van der Waals surface area (Å²) >= 11 is 0. The smallest absolute Gasteiger partial charge is 0.166 e. The van der Waals surface area contributed by atoms with Crippen molar-refractivity contribution in [2.45, 2.75) is 27.0 Å². The Balaban J connectivity index is 2.20. The fraction of sp³-hybridized carbons (Fsp3) is 0.353. The van der Waals surface area contributed by atoms with Gasteiger partial charge in [0.2, 0.25) is 0 Å². The van der Waals surface area contributed by atoms with E-state index in [4.69, 9.17) is 9.47 Å². The third kappa shape index (κ3) is 4.20. The van der Waals surface area contributed by atoms with E-state index >= 15 is 0 Å². The molecule has 1 aromatic carbocycles. The van der Waals surface area contributed by atoms with E-state index in [-0.39, 0.29) is 0 Å². The Hall–Kier alpha value is -2.07. The minimum Gasteiger partial charge on any atom is -0.490 e. The Bertz CT molecular complexity index is 561. The van der Waals surface area contributed by atoms with Crippen LogP contribution in [-0.4, -0.2) is 18.6 Å². The summed E-state index contributed by atoms with van der Waals surface area (Å²) in [5.41, 5.74) is 3.27. The van der Waals surface area contributed by atoms with Crippen LogP contribution in [0.1, 0.15) is 23.6 Å². The molecule has 21 heavy (non-hydrogen) atoms. The molecule has 1 heterocycles. The van der Waals surface area contributed by atoms with E-state index in [1.807, 2.05) is 51.5 Å². The van der Waals surface area contributed by atoms with Gasteiger partial charge in [-0.15, -0.1) is 0 Å². The maximum atomic E-state index is 6.01. The first-order valence-corrected chi connectivity index (χ1v) is 7.17. The molecule has 2 rings (SSSR count). The Morgan fingerprint density at radius 2 is 2.05 bits per heavy atom. The van der Waals surface area contributed by atoms with Crippen LogP contribution in [0.25, 0.3) is 0 Å². The number of nitrogens with one attached hydrogen (secondary N) is 1. The first-order chi connectivity index (χ1) is 10.2.